The zero-order chi connectivity index (χ0) is 16.3. The molecule has 0 aliphatic carbocycles. The van der Waals surface area contributed by atoms with E-state index in [9.17, 15) is 19.7 Å². The first kappa shape index (κ1) is 15.2. The molecule has 0 radical (unpaired) electrons. The molecule has 11 heteroatoms. The summed E-state index contributed by atoms with van der Waals surface area (Å²) < 4.78 is 2.64. The van der Waals surface area contributed by atoms with E-state index in [1.807, 2.05) is 0 Å². The topological polar surface area (TPSA) is 151 Å². The number of aryl methyl sites for hydroxylation is 2. The third-order valence-corrected chi connectivity index (χ3v) is 2.72. The molecule has 0 aliphatic rings. The summed E-state index contributed by atoms with van der Waals surface area (Å²) in [5, 5.41) is 20.5. The molecule has 22 heavy (non-hydrogen) atoms. The van der Waals surface area contributed by atoms with Gasteiger partial charge in [-0.3, -0.25) is 14.3 Å². The number of nitrogens with zero attached hydrogens (tertiary/aromatic N) is 5. The first-order valence-corrected chi connectivity index (χ1v) is 6.18. The van der Waals surface area contributed by atoms with Gasteiger partial charge in [-0.1, -0.05) is 0 Å². The molecule has 2 aromatic rings. The minimum Gasteiger partial charge on any atom is -0.364 e. The van der Waals surface area contributed by atoms with Crippen LogP contribution in [0.25, 0.3) is 0 Å². The molecule has 0 atom stereocenters. The summed E-state index contributed by atoms with van der Waals surface area (Å²) in [6.45, 7) is 0.159. The Hall–Kier alpha value is -3.24. The van der Waals surface area contributed by atoms with Crippen LogP contribution in [0.4, 0.5) is 11.5 Å². The highest BCUT2D eigenvalue weighted by Gasteiger charge is 2.16. The Kier molecular flexibility index (Phi) is 4.15. The fourth-order valence-corrected chi connectivity index (χ4v) is 1.76. The summed E-state index contributed by atoms with van der Waals surface area (Å²) >= 11 is 0. The Morgan fingerprint density at radius 1 is 1.45 bits per heavy atom. The van der Waals surface area contributed by atoms with E-state index in [4.69, 9.17) is 5.73 Å². The minimum absolute atomic E-state index is 0.0198. The van der Waals surface area contributed by atoms with Crippen LogP contribution in [0.3, 0.4) is 0 Å². The molecule has 0 saturated heterocycles. The van der Waals surface area contributed by atoms with Gasteiger partial charge in [-0.15, -0.1) is 0 Å². The Bertz CT molecular complexity index is 733. The Morgan fingerprint density at radius 3 is 2.77 bits per heavy atom. The molecule has 2 rings (SSSR count). The maximum absolute atomic E-state index is 11.8. The average molecular weight is 307 g/mol. The molecule has 0 spiro atoms. The van der Waals surface area contributed by atoms with Crippen molar-refractivity contribution in [1.29, 1.82) is 0 Å². The van der Waals surface area contributed by atoms with Gasteiger partial charge in [0.05, 0.1) is 29.6 Å². The minimum atomic E-state index is -0.751. The van der Waals surface area contributed by atoms with Crippen LogP contribution in [0.15, 0.2) is 18.5 Å². The van der Waals surface area contributed by atoms with E-state index in [1.54, 1.807) is 7.05 Å². The van der Waals surface area contributed by atoms with Crippen LogP contribution in [0.1, 0.15) is 16.9 Å². The van der Waals surface area contributed by atoms with Gasteiger partial charge in [0.15, 0.2) is 5.69 Å². The Balaban J connectivity index is 1.95. The maximum Gasteiger partial charge on any atom is 0.389 e. The summed E-state index contributed by atoms with van der Waals surface area (Å²) in [6, 6.07) is 1.24. The van der Waals surface area contributed by atoms with E-state index in [0.29, 0.717) is 0 Å². The molecule has 3 N–H and O–H groups in total. The van der Waals surface area contributed by atoms with Crippen LogP contribution in [-0.2, 0) is 18.4 Å². The van der Waals surface area contributed by atoms with Gasteiger partial charge in [0.1, 0.15) is 0 Å². The van der Waals surface area contributed by atoms with Crippen molar-refractivity contribution in [3.63, 3.8) is 0 Å². The van der Waals surface area contributed by atoms with Crippen molar-refractivity contribution in [3.05, 3.63) is 34.3 Å². The van der Waals surface area contributed by atoms with E-state index in [2.05, 4.69) is 15.5 Å². The van der Waals surface area contributed by atoms with Gasteiger partial charge in [0.2, 0.25) is 5.91 Å². The number of hydrogen-bond donors (Lipinski definition) is 2. The Labute approximate surface area is 123 Å². The smallest absolute Gasteiger partial charge is 0.364 e. The lowest BCUT2D eigenvalue weighted by atomic mass is 10.3. The highest BCUT2D eigenvalue weighted by atomic mass is 16.6. The maximum atomic E-state index is 11.8. The van der Waals surface area contributed by atoms with Gasteiger partial charge in [-0.25, -0.2) is 0 Å². The van der Waals surface area contributed by atoms with Crippen LogP contribution in [0, 0.1) is 10.1 Å². The van der Waals surface area contributed by atoms with Gasteiger partial charge in [0, 0.05) is 19.7 Å². The number of primary amides is 1. The van der Waals surface area contributed by atoms with E-state index < -0.39 is 16.7 Å². The molecular formula is C11H13N7O4. The first-order chi connectivity index (χ1) is 10.4. The van der Waals surface area contributed by atoms with E-state index >= 15 is 0 Å². The number of carbonyl (C=O) groups is 2. The first-order valence-electron chi connectivity index (χ1n) is 6.18. The molecule has 0 fully saturated rings. The molecule has 116 valence electrons. The molecule has 2 aromatic heterocycles. The fraction of sp³-hybridized carbons (Fsp3) is 0.273. The zero-order valence-electron chi connectivity index (χ0n) is 11.6. The van der Waals surface area contributed by atoms with Crippen molar-refractivity contribution in [3.8, 4) is 0 Å². The van der Waals surface area contributed by atoms with Crippen LogP contribution in [0.2, 0.25) is 0 Å². The largest absolute Gasteiger partial charge is 0.389 e. The van der Waals surface area contributed by atoms with Crippen molar-refractivity contribution < 1.29 is 14.5 Å². The standard InChI is InChI=1S/C11H13N7O4/c1-16-6-7(10(15-16)11(12)20)13-9(19)3-5-17-4-2-8(14-17)18(21)22/h2,4,6H,3,5H2,1H3,(H2,12,20)(H,13,19). The number of nitrogens with two attached hydrogens (primary N) is 1. The lowest BCUT2D eigenvalue weighted by Crippen LogP contribution is -2.19. The normalized spacial score (nSPS) is 10.4. The fourth-order valence-electron chi connectivity index (χ4n) is 1.76. The predicted octanol–water partition coefficient (Wildman–Crippen LogP) is -0.348. The number of nitro groups is 1. The third-order valence-electron chi connectivity index (χ3n) is 2.72. The number of anilines is 1. The molecule has 0 aliphatic heterocycles. The van der Waals surface area contributed by atoms with Gasteiger partial charge in [-0.2, -0.15) is 9.78 Å². The van der Waals surface area contributed by atoms with Gasteiger partial charge < -0.3 is 21.2 Å². The number of aromatic nitrogens is 4. The number of nitrogens with one attached hydrogen (secondary N) is 1. The third kappa shape index (κ3) is 3.45. The van der Waals surface area contributed by atoms with Gasteiger partial charge >= 0.3 is 5.82 Å². The van der Waals surface area contributed by atoms with Crippen LogP contribution < -0.4 is 11.1 Å². The second kappa shape index (κ2) is 6.03. The summed E-state index contributed by atoms with van der Waals surface area (Å²) in [5.74, 6) is -1.43. The van der Waals surface area contributed by atoms with Crippen LogP contribution in [0.5, 0.6) is 0 Å². The van der Waals surface area contributed by atoms with E-state index in [1.165, 1.54) is 27.8 Å². The Morgan fingerprint density at radius 2 is 2.18 bits per heavy atom. The van der Waals surface area contributed by atoms with Crippen molar-refractivity contribution in [2.24, 2.45) is 12.8 Å². The molecule has 11 nitrogen and oxygen atoms in total. The summed E-state index contributed by atoms with van der Waals surface area (Å²) in [6.07, 6.45) is 2.88. The number of amides is 2. The molecule has 0 bridgehead atoms. The average Bonchev–Trinajstić information content (AvgIpc) is 3.03. The highest BCUT2D eigenvalue weighted by Crippen LogP contribution is 2.13. The molecule has 0 aromatic carbocycles. The van der Waals surface area contributed by atoms with Crippen molar-refractivity contribution in [1.82, 2.24) is 19.6 Å². The van der Waals surface area contributed by atoms with Crippen LogP contribution in [-0.4, -0.2) is 36.3 Å². The summed E-state index contributed by atoms with van der Waals surface area (Å²) in [7, 11) is 1.59. The van der Waals surface area contributed by atoms with Gasteiger partial charge in [0.25, 0.3) is 5.91 Å². The predicted molar refractivity (Wildman–Crippen MR) is 73.9 cm³/mol. The number of hydrogen-bond acceptors (Lipinski definition) is 6. The quantitative estimate of drug-likeness (QED) is 0.550. The zero-order valence-corrected chi connectivity index (χ0v) is 11.6. The monoisotopic (exact) mass is 307 g/mol. The van der Waals surface area contributed by atoms with E-state index in [0.717, 1.165) is 0 Å². The van der Waals surface area contributed by atoms with Gasteiger partial charge in [-0.05, 0) is 4.92 Å². The number of carbonyl (C=O) groups excluding carboxylic acids is 2. The second-order valence-corrected chi connectivity index (χ2v) is 4.42. The molecule has 2 amide bonds. The summed E-state index contributed by atoms with van der Waals surface area (Å²) in [5.41, 5.74) is 5.33. The van der Waals surface area contributed by atoms with Crippen molar-refractivity contribution in [2.75, 3.05) is 5.32 Å². The van der Waals surface area contributed by atoms with Crippen molar-refractivity contribution >= 4 is 23.3 Å². The lowest BCUT2D eigenvalue weighted by Gasteiger charge is -2.02. The molecular weight excluding hydrogens is 294 g/mol. The number of rotatable bonds is 6. The van der Waals surface area contributed by atoms with Crippen LogP contribution >= 0.6 is 0 Å². The molecule has 0 unspecified atom stereocenters. The molecule has 2 heterocycles. The SMILES string of the molecule is Cn1cc(NC(=O)CCn2ccc([N+](=O)[O-])n2)c(C(N)=O)n1. The molecule has 0 saturated carbocycles. The summed E-state index contributed by atoms with van der Waals surface area (Å²) in [4.78, 5) is 32.9. The lowest BCUT2D eigenvalue weighted by molar-refractivity contribution is -0.389. The van der Waals surface area contributed by atoms with E-state index in [-0.39, 0.29) is 30.2 Å². The second-order valence-electron chi connectivity index (χ2n) is 4.42. The highest BCUT2D eigenvalue weighted by molar-refractivity contribution is 6.01. The van der Waals surface area contributed by atoms with Crippen molar-refractivity contribution in [2.45, 2.75) is 13.0 Å².